The normalized spacial score (nSPS) is 24.5. The second-order valence-electron chi connectivity index (χ2n) is 4.37. The minimum atomic E-state index is -0.925. The quantitative estimate of drug-likeness (QED) is 0.658. The molecule has 1 fully saturated rings. The maximum atomic E-state index is 11.8. The topological polar surface area (TPSA) is 95.7 Å². The van der Waals surface area contributed by atoms with Crippen LogP contribution in [0.3, 0.4) is 0 Å². The lowest BCUT2D eigenvalue weighted by Gasteiger charge is -2.36. The van der Waals surface area contributed by atoms with Gasteiger partial charge < -0.3 is 21.1 Å². The largest absolute Gasteiger partial charge is 0.480 e. The van der Waals surface area contributed by atoms with Gasteiger partial charge in [0, 0.05) is 19.6 Å². The van der Waals surface area contributed by atoms with Crippen LogP contribution in [0.4, 0.5) is 4.79 Å². The van der Waals surface area contributed by atoms with Gasteiger partial charge in [-0.15, -0.1) is 0 Å². The van der Waals surface area contributed by atoms with Crippen LogP contribution in [0, 0.1) is 5.92 Å². The summed E-state index contributed by atoms with van der Waals surface area (Å²) >= 11 is 0. The third kappa shape index (κ3) is 3.59. The van der Waals surface area contributed by atoms with Gasteiger partial charge in [-0.3, -0.25) is 0 Å². The molecule has 6 heteroatoms. The Labute approximate surface area is 101 Å². The van der Waals surface area contributed by atoms with E-state index in [0.29, 0.717) is 32.0 Å². The average Bonchev–Trinajstić information content (AvgIpc) is 2.35. The van der Waals surface area contributed by atoms with E-state index < -0.39 is 12.0 Å². The van der Waals surface area contributed by atoms with Gasteiger partial charge in [0.25, 0.3) is 0 Å². The Kier molecular flexibility index (Phi) is 5.21. The first kappa shape index (κ1) is 13.8. The van der Waals surface area contributed by atoms with E-state index in [2.05, 4.69) is 5.32 Å². The number of piperidine rings is 1. The molecule has 2 atom stereocenters. The lowest BCUT2D eigenvalue weighted by atomic mass is 9.89. The highest BCUT2D eigenvalue weighted by Gasteiger charge is 2.35. The molecule has 0 saturated carbocycles. The number of urea groups is 1. The standard InChI is InChI=1S/C11H21N3O3/c1-2-8-3-6-14(9(7-8)10(15)16)11(17)13-5-4-12/h8-9H,2-7,12H2,1H3,(H,13,17)(H,15,16). The Hall–Kier alpha value is -1.30. The van der Waals surface area contributed by atoms with Gasteiger partial charge in [-0.25, -0.2) is 9.59 Å². The van der Waals surface area contributed by atoms with Crippen LogP contribution in [0.15, 0.2) is 0 Å². The maximum absolute atomic E-state index is 11.8. The van der Waals surface area contributed by atoms with Gasteiger partial charge in [-0.2, -0.15) is 0 Å². The van der Waals surface area contributed by atoms with Crippen molar-refractivity contribution < 1.29 is 14.7 Å². The fourth-order valence-electron chi connectivity index (χ4n) is 2.17. The number of nitrogens with zero attached hydrogens (tertiary/aromatic N) is 1. The first-order chi connectivity index (χ1) is 8.10. The van der Waals surface area contributed by atoms with Crippen molar-refractivity contribution in [2.45, 2.75) is 32.2 Å². The molecule has 0 aromatic carbocycles. The van der Waals surface area contributed by atoms with E-state index in [0.717, 1.165) is 12.8 Å². The Morgan fingerprint density at radius 3 is 2.76 bits per heavy atom. The van der Waals surface area contributed by atoms with Gasteiger partial charge in [-0.1, -0.05) is 13.3 Å². The molecule has 98 valence electrons. The summed E-state index contributed by atoms with van der Waals surface area (Å²) in [6.45, 7) is 3.29. The molecule has 0 aliphatic carbocycles. The monoisotopic (exact) mass is 243 g/mol. The van der Waals surface area contributed by atoms with E-state index >= 15 is 0 Å². The van der Waals surface area contributed by atoms with Gasteiger partial charge in [0.2, 0.25) is 0 Å². The number of aliphatic carboxylic acids is 1. The predicted molar refractivity (Wildman–Crippen MR) is 63.6 cm³/mol. The van der Waals surface area contributed by atoms with E-state index in [1.807, 2.05) is 6.92 Å². The minimum Gasteiger partial charge on any atom is -0.480 e. The molecule has 0 aromatic heterocycles. The van der Waals surface area contributed by atoms with Gasteiger partial charge in [0.15, 0.2) is 0 Å². The van der Waals surface area contributed by atoms with Crippen LogP contribution in [0.5, 0.6) is 0 Å². The van der Waals surface area contributed by atoms with Gasteiger partial charge >= 0.3 is 12.0 Å². The van der Waals surface area contributed by atoms with Crippen molar-refractivity contribution in [2.75, 3.05) is 19.6 Å². The minimum absolute atomic E-state index is 0.322. The number of carbonyl (C=O) groups is 2. The fourth-order valence-corrected chi connectivity index (χ4v) is 2.17. The van der Waals surface area contributed by atoms with E-state index in [9.17, 15) is 9.59 Å². The molecule has 0 radical (unpaired) electrons. The van der Waals surface area contributed by atoms with Crippen molar-refractivity contribution in [3.63, 3.8) is 0 Å². The Bertz CT molecular complexity index is 283. The molecule has 0 bridgehead atoms. The summed E-state index contributed by atoms with van der Waals surface area (Å²) in [5, 5.41) is 11.8. The highest BCUT2D eigenvalue weighted by Crippen LogP contribution is 2.25. The molecular weight excluding hydrogens is 222 g/mol. The molecule has 1 aliphatic rings. The van der Waals surface area contributed by atoms with E-state index in [4.69, 9.17) is 10.8 Å². The van der Waals surface area contributed by atoms with Crippen molar-refractivity contribution in [1.29, 1.82) is 0 Å². The van der Waals surface area contributed by atoms with Gasteiger partial charge in [0.05, 0.1) is 0 Å². The zero-order valence-electron chi connectivity index (χ0n) is 10.2. The van der Waals surface area contributed by atoms with Crippen LogP contribution in [-0.2, 0) is 4.79 Å². The lowest BCUT2D eigenvalue weighted by molar-refractivity contribution is -0.144. The summed E-state index contributed by atoms with van der Waals surface area (Å²) in [6.07, 6.45) is 2.38. The van der Waals surface area contributed by atoms with Crippen LogP contribution in [0.2, 0.25) is 0 Å². The number of hydrogen-bond acceptors (Lipinski definition) is 3. The molecule has 1 saturated heterocycles. The van der Waals surface area contributed by atoms with Crippen LogP contribution < -0.4 is 11.1 Å². The zero-order valence-corrected chi connectivity index (χ0v) is 10.2. The highest BCUT2D eigenvalue weighted by atomic mass is 16.4. The number of hydrogen-bond donors (Lipinski definition) is 3. The zero-order chi connectivity index (χ0) is 12.8. The molecule has 6 nitrogen and oxygen atoms in total. The number of nitrogens with two attached hydrogens (primary N) is 1. The van der Waals surface area contributed by atoms with Crippen molar-refractivity contribution in [2.24, 2.45) is 11.7 Å². The summed E-state index contributed by atoms with van der Waals surface area (Å²) in [6, 6.07) is -1.02. The lowest BCUT2D eigenvalue weighted by Crippen LogP contribution is -2.54. The molecule has 0 aromatic rings. The Balaban J connectivity index is 2.63. The summed E-state index contributed by atoms with van der Waals surface area (Å²) in [5.41, 5.74) is 5.29. The average molecular weight is 243 g/mol. The molecule has 1 heterocycles. The number of carboxylic acids is 1. The van der Waals surface area contributed by atoms with E-state index in [1.165, 1.54) is 4.90 Å². The molecule has 1 aliphatic heterocycles. The van der Waals surface area contributed by atoms with Crippen molar-refractivity contribution in [1.82, 2.24) is 10.2 Å². The maximum Gasteiger partial charge on any atom is 0.326 e. The smallest absolute Gasteiger partial charge is 0.326 e. The third-order valence-corrected chi connectivity index (χ3v) is 3.25. The Morgan fingerprint density at radius 2 is 2.24 bits per heavy atom. The van der Waals surface area contributed by atoms with Gasteiger partial charge in [0.1, 0.15) is 6.04 Å². The second kappa shape index (κ2) is 6.44. The molecular formula is C11H21N3O3. The first-order valence-electron chi connectivity index (χ1n) is 6.07. The predicted octanol–water partition coefficient (Wildman–Crippen LogP) is 0.230. The van der Waals surface area contributed by atoms with E-state index in [-0.39, 0.29) is 6.03 Å². The second-order valence-corrected chi connectivity index (χ2v) is 4.37. The number of rotatable bonds is 4. The first-order valence-corrected chi connectivity index (χ1v) is 6.07. The van der Waals surface area contributed by atoms with Crippen LogP contribution in [0.1, 0.15) is 26.2 Å². The molecule has 1 rings (SSSR count). The van der Waals surface area contributed by atoms with Gasteiger partial charge in [-0.05, 0) is 18.8 Å². The number of carbonyl (C=O) groups excluding carboxylic acids is 1. The molecule has 4 N–H and O–H groups in total. The molecule has 2 unspecified atom stereocenters. The summed E-state index contributed by atoms with van der Waals surface area (Å²) in [7, 11) is 0. The van der Waals surface area contributed by atoms with E-state index in [1.54, 1.807) is 0 Å². The highest BCUT2D eigenvalue weighted by molar-refractivity contribution is 5.82. The number of carboxylic acid groups (broad SMARTS) is 1. The molecule has 0 spiro atoms. The molecule has 2 amide bonds. The third-order valence-electron chi connectivity index (χ3n) is 3.25. The summed E-state index contributed by atoms with van der Waals surface area (Å²) in [4.78, 5) is 24.3. The van der Waals surface area contributed by atoms with Crippen molar-refractivity contribution in [3.05, 3.63) is 0 Å². The number of likely N-dealkylation sites (tertiary alicyclic amines) is 1. The summed E-state index contributed by atoms with van der Waals surface area (Å²) in [5.74, 6) is -0.527. The van der Waals surface area contributed by atoms with Crippen LogP contribution in [0.25, 0.3) is 0 Å². The number of nitrogens with one attached hydrogen (secondary N) is 1. The summed E-state index contributed by atoms with van der Waals surface area (Å²) < 4.78 is 0. The van der Waals surface area contributed by atoms with Crippen LogP contribution >= 0.6 is 0 Å². The SMILES string of the molecule is CCC1CCN(C(=O)NCCN)C(C(=O)O)C1. The van der Waals surface area contributed by atoms with Crippen LogP contribution in [-0.4, -0.2) is 47.7 Å². The van der Waals surface area contributed by atoms with Crippen molar-refractivity contribution in [3.8, 4) is 0 Å². The Morgan fingerprint density at radius 1 is 1.53 bits per heavy atom. The van der Waals surface area contributed by atoms with Crippen molar-refractivity contribution >= 4 is 12.0 Å². The fraction of sp³-hybridized carbons (Fsp3) is 0.818. The molecule has 17 heavy (non-hydrogen) atoms. The number of amides is 2.